The summed E-state index contributed by atoms with van der Waals surface area (Å²) in [5.74, 6) is -2.74. The normalized spacial score (nSPS) is 10.1. The Morgan fingerprint density at radius 3 is 2.26 bits per heavy atom. The molecule has 0 unspecified atom stereocenters. The average molecular weight is 442 g/mol. The fraction of sp³-hybridized carbons (Fsp3) is 0.368. The van der Waals surface area contributed by atoms with Gasteiger partial charge in [-0.1, -0.05) is 30.3 Å². The van der Waals surface area contributed by atoms with E-state index in [2.05, 4.69) is 39.4 Å². The van der Waals surface area contributed by atoms with Crippen LogP contribution >= 0.6 is 15.9 Å². The van der Waals surface area contributed by atoms with Crippen molar-refractivity contribution < 1.29 is 29.3 Å². The van der Waals surface area contributed by atoms with Crippen molar-refractivity contribution in [1.82, 2.24) is 5.32 Å². The Bertz CT molecular complexity index is 725. The molecular weight excluding hydrogens is 418 g/mol. The van der Waals surface area contributed by atoms with E-state index < -0.39 is 11.9 Å². The zero-order chi connectivity index (χ0) is 20.1. The second-order valence-corrected chi connectivity index (χ2v) is 6.30. The number of benzene rings is 2. The van der Waals surface area contributed by atoms with Gasteiger partial charge in [-0.25, -0.2) is 9.59 Å². The molecule has 0 aliphatic heterocycles. The van der Waals surface area contributed by atoms with Crippen LogP contribution in [-0.4, -0.2) is 55.6 Å². The molecule has 0 atom stereocenters. The molecule has 2 aromatic rings. The largest absolute Gasteiger partial charge is 0.492 e. The van der Waals surface area contributed by atoms with Crippen molar-refractivity contribution in [1.29, 1.82) is 0 Å². The number of hydrogen-bond acceptors (Lipinski definition) is 5. The molecule has 2 aromatic carbocycles. The van der Waals surface area contributed by atoms with Crippen molar-refractivity contribution in [2.45, 2.75) is 12.8 Å². The van der Waals surface area contributed by atoms with E-state index in [9.17, 15) is 0 Å². The van der Waals surface area contributed by atoms with E-state index in [0.717, 1.165) is 42.8 Å². The van der Waals surface area contributed by atoms with Crippen molar-refractivity contribution in [3.63, 3.8) is 0 Å². The van der Waals surface area contributed by atoms with Gasteiger partial charge in [0.15, 0.2) is 0 Å². The lowest BCUT2D eigenvalue weighted by atomic mass is 10.1. The van der Waals surface area contributed by atoms with Crippen LogP contribution in [0.15, 0.2) is 40.9 Å². The quantitative estimate of drug-likeness (QED) is 0.405. The maximum absolute atomic E-state index is 9.10. The highest BCUT2D eigenvalue weighted by Crippen LogP contribution is 2.32. The Morgan fingerprint density at radius 2 is 1.63 bits per heavy atom. The summed E-state index contributed by atoms with van der Waals surface area (Å²) in [4.78, 5) is 18.2. The minimum absolute atomic E-state index is 0.716. The number of carboxylic acid groups (broad SMARTS) is 2. The molecule has 0 saturated heterocycles. The van der Waals surface area contributed by atoms with Gasteiger partial charge in [0.2, 0.25) is 0 Å². The third-order valence-electron chi connectivity index (χ3n) is 3.47. The molecule has 0 spiro atoms. The monoisotopic (exact) mass is 441 g/mol. The van der Waals surface area contributed by atoms with E-state index in [1.54, 1.807) is 7.11 Å². The first kappa shape index (κ1) is 22.9. The number of carboxylic acids is 2. The van der Waals surface area contributed by atoms with Gasteiger partial charge in [0.25, 0.3) is 0 Å². The van der Waals surface area contributed by atoms with Gasteiger partial charge in [0.05, 0.1) is 11.1 Å². The number of methoxy groups -OCH3 is 1. The van der Waals surface area contributed by atoms with Gasteiger partial charge in [-0.3, -0.25) is 0 Å². The number of rotatable bonds is 9. The van der Waals surface area contributed by atoms with Gasteiger partial charge >= 0.3 is 11.9 Å². The molecule has 8 heteroatoms. The molecular formula is C19H24BrNO6. The second kappa shape index (κ2) is 13.1. The summed E-state index contributed by atoms with van der Waals surface area (Å²) >= 11 is 3.64. The van der Waals surface area contributed by atoms with Crippen LogP contribution < -0.4 is 10.1 Å². The molecule has 0 amide bonds. The Balaban J connectivity index is 0.000000527. The highest BCUT2D eigenvalue weighted by atomic mass is 79.9. The highest BCUT2D eigenvalue weighted by Gasteiger charge is 2.05. The summed E-state index contributed by atoms with van der Waals surface area (Å²) in [7, 11) is 1.73. The number of ether oxygens (including phenoxy) is 2. The van der Waals surface area contributed by atoms with E-state index in [4.69, 9.17) is 29.3 Å². The molecule has 0 saturated carbocycles. The average Bonchev–Trinajstić information content (AvgIpc) is 2.66. The number of nitrogens with one attached hydrogen (secondary N) is 1. The van der Waals surface area contributed by atoms with Crippen LogP contribution in [0.25, 0.3) is 10.8 Å². The van der Waals surface area contributed by atoms with E-state index in [0.29, 0.717) is 6.61 Å². The first-order chi connectivity index (χ1) is 13.0. The van der Waals surface area contributed by atoms with Crippen LogP contribution in [0.5, 0.6) is 5.75 Å². The Labute approximate surface area is 166 Å². The minimum atomic E-state index is -1.82. The van der Waals surface area contributed by atoms with Crippen LogP contribution in [0.1, 0.15) is 12.8 Å². The lowest BCUT2D eigenvalue weighted by molar-refractivity contribution is -0.159. The molecule has 0 fully saturated rings. The summed E-state index contributed by atoms with van der Waals surface area (Å²) in [5.41, 5.74) is 0. The standard InChI is InChI=1S/C17H22BrNO2.C2H2O4/c1-20-12-4-10-19-11-5-13-21-16-9-8-14-6-2-3-7-15(14)17(16)18;3-1(4)2(5)6/h2-3,6-9,19H,4-5,10-13H2,1H3;(H,3,4)(H,5,6). The topological polar surface area (TPSA) is 105 Å². The third-order valence-corrected chi connectivity index (χ3v) is 4.29. The lowest BCUT2D eigenvalue weighted by Crippen LogP contribution is -2.19. The van der Waals surface area contributed by atoms with Gasteiger partial charge in [-0.15, -0.1) is 0 Å². The zero-order valence-electron chi connectivity index (χ0n) is 15.1. The number of carbonyl (C=O) groups is 2. The highest BCUT2D eigenvalue weighted by molar-refractivity contribution is 9.10. The van der Waals surface area contributed by atoms with Crippen molar-refractivity contribution >= 4 is 38.6 Å². The number of hydrogen-bond donors (Lipinski definition) is 3. The predicted octanol–water partition coefficient (Wildman–Crippen LogP) is 3.15. The van der Waals surface area contributed by atoms with Crippen molar-refractivity contribution in [3.05, 3.63) is 40.9 Å². The van der Waals surface area contributed by atoms with E-state index in [1.165, 1.54) is 10.8 Å². The van der Waals surface area contributed by atoms with Gasteiger partial charge < -0.3 is 25.0 Å². The molecule has 0 heterocycles. The third kappa shape index (κ3) is 8.85. The Kier molecular flexibility index (Phi) is 11.1. The van der Waals surface area contributed by atoms with E-state index >= 15 is 0 Å². The smallest absolute Gasteiger partial charge is 0.414 e. The molecule has 148 valence electrons. The summed E-state index contributed by atoms with van der Waals surface area (Å²) in [5, 5.41) is 20.6. The SMILES string of the molecule is COCCCNCCCOc1ccc2ccccc2c1Br.O=C(O)C(=O)O. The number of fused-ring (bicyclic) bond motifs is 1. The number of halogens is 1. The van der Waals surface area contributed by atoms with Crippen molar-refractivity contribution in [2.75, 3.05) is 33.4 Å². The van der Waals surface area contributed by atoms with E-state index in [1.807, 2.05) is 18.2 Å². The lowest BCUT2D eigenvalue weighted by Gasteiger charge is -2.10. The van der Waals surface area contributed by atoms with Crippen molar-refractivity contribution in [2.24, 2.45) is 0 Å². The van der Waals surface area contributed by atoms with Gasteiger partial charge in [0.1, 0.15) is 5.75 Å². The number of aliphatic carboxylic acids is 2. The molecule has 0 radical (unpaired) electrons. The van der Waals surface area contributed by atoms with Gasteiger partial charge in [-0.2, -0.15) is 0 Å². The summed E-state index contributed by atoms with van der Waals surface area (Å²) in [6.45, 7) is 3.49. The molecule has 7 nitrogen and oxygen atoms in total. The van der Waals surface area contributed by atoms with Crippen LogP contribution in [0.2, 0.25) is 0 Å². The first-order valence-corrected chi connectivity index (χ1v) is 9.22. The molecule has 0 bridgehead atoms. The zero-order valence-corrected chi connectivity index (χ0v) is 16.7. The summed E-state index contributed by atoms with van der Waals surface area (Å²) in [6.07, 6.45) is 2.04. The summed E-state index contributed by atoms with van der Waals surface area (Å²) in [6, 6.07) is 12.4. The maximum atomic E-state index is 9.10. The van der Waals surface area contributed by atoms with Crippen LogP contribution in [0.4, 0.5) is 0 Å². The fourth-order valence-corrected chi connectivity index (χ4v) is 2.78. The van der Waals surface area contributed by atoms with Crippen LogP contribution in [0, 0.1) is 0 Å². The van der Waals surface area contributed by atoms with E-state index in [-0.39, 0.29) is 0 Å². The second-order valence-electron chi connectivity index (χ2n) is 5.51. The fourth-order valence-electron chi connectivity index (χ4n) is 2.17. The van der Waals surface area contributed by atoms with Crippen LogP contribution in [0.3, 0.4) is 0 Å². The molecule has 3 N–H and O–H groups in total. The van der Waals surface area contributed by atoms with Crippen molar-refractivity contribution in [3.8, 4) is 5.75 Å². The molecule has 2 rings (SSSR count). The minimum Gasteiger partial charge on any atom is -0.492 e. The van der Waals surface area contributed by atoms with Gasteiger partial charge in [0, 0.05) is 13.7 Å². The predicted molar refractivity (Wildman–Crippen MR) is 106 cm³/mol. The Morgan fingerprint density at radius 1 is 1.00 bits per heavy atom. The summed E-state index contributed by atoms with van der Waals surface area (Å²) < 4.78 is 11.9. The van der Waals surface area contributed by atoms with Crippen LogP contribution in [-0.2, 0) is 14.3 Å². The molecule has 0 aliphatic rings. The molecule has 0 aromatic heterocycles. The molecule has 0 aliphatic carbocycles. The van der Waals surface area contributed by atoms with Gasteiger partial charge in [-0.05, 0) is 58.7 Å². The maximum Gasteiger partial charge on any atom is 0.414 e. The first-order valence-electron chi connectivity index (χ1n) is 8.43. The molecule has 27 heavy (non-hydrogen) atoms. The Hall–Kier alpha value is -2.16.